The fourth-order valence-corrected chi connectivity index (χ4v) is 3.88. The van der Waals surface area contributed by atoms with E-state index in [1.54, 1.807) is 14.1 Å². The van der Waals surface area contributed by atoms with Crippen LogP contribution in [0.1, 0.15) is 23.3 Å². The van der Waals surface area contributed by atoms with Gasteiger partial charge in [0.15, 0.2) is 0 Å². The van der Waals surface area contributed by atoms with E-state index in [-0.39, 0.29) is 16.6 Å². The second kappa shape index (κ2) is 5.55. The molecule has 0 radical (unpaired) electrons. The van der Waals surface area contributed by atoms with Crippen molar-refractivity contribution >= 4 is 15.9 Å². The van der Waals surface area contributed by atoms with Gasteiger partial charge in [-0.1, -0.05) is 0 Å². The molecule has 1 fully saturated rings. The Morgan fingerprint density at radius 3 is 2.75 bits per heavy atom. The zero-order valence-corrected chi connectivity index (χ0v) is 12.5. The van der Waals surface area contributed by atoms with Crippen LogP contribution in [0.4, 0.5) is 0 Å². The van der Waals surface area contributed by atoms with Crippen molar-refractivity contribution in [3.63, 3.8) is 0 Å². The van der Waals surface area contributed by atoms with Crippen molar-refractivity contribution < 1.29 is 13.2 Å². The zero-order chi connectivity index (χ0) is 14.9. The molecule has 112 valence electrons. The minimum atomic E-state index is -3.61. The monoisotopic (exact) mass is 300 g/mol. The third-order valence-electron chi connectivity index (χ3n) is 3.69. The number of carbonyl (C=O) groups is 1. The molecule has 0 bridgehead atoms. The number of likely N-dealkylation sites (N-methyl/N-ethyl adjacent to an activating group) is 1. The standard InChI is InChI=1S/C12H20N4O3S/c1-15-8-10(6-11(15)12(13)17)20(18,19)16(2)9-4-3-5-14-7-9/h6,8-9,14H,3-5,7H2,1-2H3,(H2,13,17). The smallest absolute Gasteiger partial charge is 0.265 e. The molecule has 1 unspecified atom stereocenters. The molecule has 1 aliphatic rings. The lowest BCUT2D eigenvalue weighted by atomic mass is 10.1. The number of nitrogens with zero attached hydrogens (tertiary/aromatic N) is 2. The number of aromatic nitrogens is 1. The van der Waals surface area contributed by atoms with Crippen LogP contribution in [-0.4, -0.2) is 49.4 Å². The fourth-order valence-electron chi connectivity index (χ4n) is 2.43. The second-order valence-electron chi connectivity index (χ2n) is 5.06. The van der Waals surface area contributed by atoms with E-state index in [1.165, 1.54) is 21.1 Å². The van der Waals surface area contributed by atoms with E-state index in [1.807, 2.05) is 0 Å². The number of carbonyl (C=O) groups excluding carboxylic acids is 1. The first kappa shape index (κ1) is 15.0. The van der Waals surface area contributed by atoms with Gasteiger partial charge in [-0.05, 0) is 25.5 Å². The first-order valence-electron chi connectivity index (χ1n) is 6.49. The van der Waals surface area contributed by atoms with Crippen molar-refractivity contribution in [2.75, 3.05) is 20.1 Å². The van der Waals surface area contributed by atoms with Gasteiger partial charge in [0, 0.05) is 32.9 Å². The quantitative estimate of drug-likeness (QED) is 0.783. The third-order valence-corrected chi connectivity index (χ3v) is 5.57. The van der Waals surface area contributed by atoms with Crippen molar-refractivity contribution in [1.82, 2.24) is 14.2 Å². The minimum Gasteiger partial charge on any atom is -0.364 e. The lowest BCUT2D eigenvalue weighted by molar-refractivity contribution is 0.0992. The molecule has 7 nitrogen and oxygen atoms in total. The Bertz CT molecular complexity index is 602. The first-order chi connectivity index (χ1) is 9.34. The Morgan fingerprint density at radius 1 is 1.55 bits per heavy atom. The Labute approximate surface area is 118 Å². The number of hydrogen-bond donors (Lipinski definition) is 2. The molecule has 1 aromatic rings. The molecule has 0 saturated carbocycles. The summed E-state index contributed by atoms with van der Waals surface area (Å²) in [4.78, 5) is 11.3. The van der Waals surface area contributed by atoms with Crippen molar-refractivity contribution in [2.45, 2.75) is 23.8 Å². The molecule has 1 amide bonds. The van der Waals surface area contributed by atoms with Crippen molar-refractivity contribution in [2.24, 2.45) is 12.8 Å². The van der Waals surface area contributed by atoms with Crippen molar-refractivity contribution in [3.05, 3.63) is 18.0 Å². The summed E-state index contributed by atoms with van der Waals surface area (Å²) < 4.78 is 27.9. The third kappa shape index (κ3) is 2.72. The number of nitrogens with two attached hydrogens (primary N) is 1. The van der Waals surface area contributed by atoms with Gasteiger partial charge in [-0.15, -0.1) is 0 Å². The second-order valence-corrected chi connectivity index (χ2v) is 7.06. The fraction of sp³-hybridized carbons (Fsp3) is 0.583. The molecule has 0 aliphatic carbocycles. The van der Waals surface area contributed by atoms with E-state index in [2.05, 4.69) is 5.32 Å². The molecule has 2 heterocycles. The Morgan fingerprint density at radius 2 is 2.25 bits per heavy atom. The van der Waals surface area contributed by atoms with E-state index in [0.29, 0.717) is 6.54 Å². The normalized spacial score (nSPS) is 20.2. The predicted octanol–water partition coefficient (Wildman–Crippen LogP) is -0.503. The topological polar surface area (TPSA) is 97.4 Å². The van der Waals surface area contributed by atoms with Crippen LogP contribution in [-0.2, 0) is 17.1 Å². The van der Waals surface area contributed by atoms with Gasteiger partial charge >= 0.3 is 0 Å². The molecule has 1 aromatic heterocycles. The van der Waals surface area contributed by atoms with E-state index in [0.717, 1.165) is 19.4 Å². The van der Waals surface area contributed by atoms with E-state index in [9.17, 15) is 13.2 Å². The van der Waals surface area contributed by atoms with Gasteiger partial charge < -0.3 is 15.6 Å². The van der Waals surface area contributed by atoms with Gasteiger partial charge in [-0.2, -0.15) is 4.31 Å². The summed E-state index contributed by atoms with van der Waals surface area (Å²) in [5.41, 5.74) is 5.39. The number of sulfonamides is 1. The number of rotatable bonds is 4. The number of hydrogen-bond acceptors (Lipinski definition) is 4. The summed E-state index contributed by atoms with van der Waals surface area (Å²) in [6.45, 7) is 1.56. The Kier molecular flexibility index (Phi) is 4.17. The largest absolute Gasteiger partial charge is 0.364 e. The molecule has 20 heavy (non-hydrogen) atoms. The molecule has 1 atom stereocenters. The number of primary amides is 1. The van der Waals surface area contributed by atoms with Crippen LogP contribution < -0.4 is 11.1 Å². The Balaban J connectivity index is 2.29. The van der Waals surface area contributed by atoms with Crippen LogP contribution in [0.25, 0.3) is 0 Å². The number of piperidine rings is 1. The summed E-state index contributed by atoms with van der Waals surface area (Å²) in [6, 6.07) is 1.26. The molecule has 8 heteroatoms. The van der Waals surface area contributed by atoms with Gasteiger partial charge in [0.05, 0.1) is 0 Å². The number of aryl methyl sites for hydroxylation is 1. The minimum absolute atomic E-state index is 0.0639. The van der Waals surface area contributed by atoms with E-state index in [4.69, 9.17) is 5.73 Å². The molecule has 0 spiro atoms. The van der Waals surface area contributed by atoms with Crippen LogP contribution in [0.15, 0.2) is 17.2 Å². The Hall–Kier alpha value is -1.38. The lowest BCUT2D eigenvalue weighted by Gasteiger charge is -2.30. The molecule has 2 rings (SSSR count). The molecular formula is C12H20N4O3S. The predicted molar refractivity (Wildman–Crippen MR) is 74.8 cm³/mol. The van der Waals surface area contributed by atoms with Crippen LogP contribution in [0.2, 0.25) is 0 Å². The average molecular weight is 300 g/mol. The van der Waals surface area contributed by atoms with Gasteiger partial charge in [-0.3, -0.25) is 4.79 Å². The average Bonchev–Trinajstić information content (AvgIpc) is 2.82. The maximum absolute atomic E-state index is 12.6. The highest BCUT2D eigenvalue weighted by Gasteiger charge is 2.30. The summed E-state index contributed by atoms with van der Waals surface area (Å²) >= 11 is 0. The molecule has 3 N–H and O–H groups in total. The van der Waals surface area contributed by atoms with Gasteiger partial charge in [0.2, 0.25) is 10.0 Å². The SMILES string of the molecule is CN(C1CCCNC1)S(=O)(=O)c1cc(C(N)=O)n(C)c1. The van der Waals surface area contributed by atoms with Crippen LogP contribution >= 0.6 is 0 Å². The first-order valence-corrected chi connectivity index (χ1v) is 7.93. The summed E-state index contributed by atoms with van der Waals surface area (Å²) in [5, 5.41) is 3.19. The van der Waals surface area contributed by atoms with Gasteiger partial charge in [0.25, 0.3) is 5.91 Å². The molecule has 1 saturated heterocycles. The maximum Gasteiger partial charge on any atom is 0.265 e. The maximum atomic E-state index is 12.6. The van der Waals surface area contributed by atoms with Crippen molar-refractivity contribution in [1.29, 1.82) is 0 Å². The van der Waals surface area contributed by atoms with E-state index >= 15 is 0 Å². The highest BCUT2D eigenvalue weighted by molar-refractivity contribution is 7.89. The molecule has 1 aliphatic heterocycles. The number of amides is 1. The lowest BCUT2D eigenvalue weighted by Crippen LogP contribution is -2.46. The van der Waals surface area contributed by atoms with E-state index < -0.39 is 15.9 Å². The van der Waals surface area contributed by atoms with Gasteiger partial charge in [-0.25, -0.2) is 8.42 Å². The summed E-state index contributed by atoms with van der Waals surface area (Å²) in [5.74, 6) is -0.643. The summed E-state index contributed by atoms with van der Waals surface area (Å²) in [6.07, 6.45) is 3.20. The molecular weight excluding hydrogens is 280 g/mol. The molecule has 0 aromatic carbocycles. The number of nitrogens with one attached hydrogen (secondary N) is 1. The highest BCUT2D eigenvalue weighted by Crippen LogP contribution is 2.21. The van der Waals surface area contributed by atoms with Crippen LogP contribution in [0.5, 0.6) is 0 Å². The summed E-state index contributed by atoms with van der Waals surface area (Å²) in [7, 11) is -0.437. The highest BCUT2D eigenvalue weighted by atomic mass is 32.2. The van der Waals surface area contributed by atoms with Crippen molar-refractivity contribution in [3.8, 4) is 0 Å². The van der Waals surface area contributed by atoms with Gasteiger partial charge in [0.1, 0.15) is 10.6 Å². The van der Waals surface area contributed by atoms with Crippen LogP contribution in [0, 0.1) is 0 Å². The van der Waals surface area contributed by atoms with Crippen LogP contribution in [0.3, 0.4) is 0 Å². The zero-order valence-electron chi connectivity index (χ0n) is 11.7.